The van der Waals surface area contributed by atoms with Crippen LogP contribution in [0.5, 0.6) is 0 Å². The van der Waals surface area contributed by atoms with Crippen LogP contribution in [-0.4, -0.2) is 40.9 Å². The van der Waals surface area contributed by atoms with E-state index in [4.69, 9.17) is 0 Å². The van der Waals surface area contributed by atoms with Gasteiger partial charge in [-0.3, -0.25) is 9.67 Å². The van der Waals surface area contributed by atoms with Crippen molar-refractivity contribution in [3.63, 3.8) is 0 Å². The van der Waals surface area contributed by atoms with Crippen molar-refractivity contribution in [2.45, 2.75) is 13.1 Å². The Kier molecular flexibility index (Phi) is 8.85. The first kappa shape index (κ1) is 23.5. The Bertz CT molecular complexity index is 1140. The van der Waals surface area contributed by atoms with E-state index in [2.05, 4.69) is 67.4 Å². The lowest BCUT2D eigenvalue weighted by Crippen LogP contribution is -2.39. The van der Waals surface area contributed by atoms with Crippen molar-refractivity contribution in [1.29, 1.82) is 0 Å². The fourth-order valence-electron chi connectivity index (χ4n) is 3.39. The Balaban J connectivity index is 0.00000289. The second-order valence-electron chi connectivity index (χ2n) is 7.14. The summed E-state index contributed by atoms with van der Waals surface area (Å²) in [6, 6.07) is 22.5. The van der Waals surface area contributed by atoms with E-state index in [9.17, 15) is 0 Å². The fourth-order valence-corrected chi connectivity index (χ4v) is 3.39. The van der Waals surface area contributed by atoms with Crippen molar-refractivity contribution in [3.05, 3.63) is 90.3 Å². The Morgan fingerprint density at radius 3 is 2.53 bits per heavy atom. The molecule has 0 bridgehead atoms. The zero-order valence-corrected chi connectivity index (χ0v) is 20.4. The number of para-hydroxylation sites is 1. The van der Waals surface area contributed by atoms with Crippen LogP contribution in [0.4, 0.5) is 5.82 Å². The Morgan fingerprint density at radius 2 is 1.72 bits per heavy atom. The smallest absolute Gasteiger partial charge is 0.191 e. The first-order valence-electron chi connectivity index (χ1n) is 10.4. The molecule has 8 heteroatoms. The highest BCUT2D eigenvalue weighted by Gasteiger charge is 2.05. The largest absolute Gasteiger partial charge is 0.368 e. The van der Waals surface area contributed by atoms with Crippen LogP contribution < -0.4 is 16.0 Å². The number of aliphatic imine (C=N–C) groups is 1. The Morgan fingerprint density at radius 1 is 0.906 bits per heavy atom. The predicted octanol–water partition coefficient (Wildman–Crippen LogP) is 3.87. The number of rotatable bonds is 8. The molecule has 0 aliphatic rings. The number of nitrogens with zero attached hydrogens (tertiary/aromatic N) is 4. The second-order valence-corrected chi connectivity index (χ2v) is 7.14. The number of anilines is 1. The van der Waals surface area contributed by atoms with Gasteiger partial charge in [-0.25, -0.2) is 4.98 Å². The number of pyridine rings is 1. The number of nitrogens with one attached hydrogen (secondary N) is 3. The summed E-state index contributed by atoms with van der Waals surface area (Å²) in [6.07, 6.45) is 3.77. The van der Waals surface area contributed by atoms with Crippen LogP contribution in [0.3, 0.4) is 0 Å². The number of hydrogen-bond acceptors (Lipinski definition) is 4. The average molecular weight is 541 g/mol. The van der Waals surface area contributed by atoms with Crippen LogP contribution in [0.25, 0.3) is 10.9 Å². The third kappa shape index (κ3) is 6.43. The van der Waals surface area contributed by atoms with Crippen molar-refractivity contribution >= 4 is 46.7 Å². The van der Waals surface area contributed by atoms with Crippen molar-refractivity contribution in [2.75, 3.05) is 25.5 Å². The number of halogens is 1. The molecule has 0 amide bonds. The van der Waals surface area contributed by atoms with Crippen LogP contribution in [-0.2, 0) is 13.1 Å². The molecule has 2 aromatic heterocycles. The van der Waals surface area contributed by atoms with Crippen molar-refractivity contribution in [2.24, 2.45) is 4.99 Å². The molecule has 3 N–H and O–H groups in total. The minimum absolute atomic E-state index is 0. The molecule has 7 nitrogen and oxygen atoms in total. The van der Waals surface area contributed by atoms with Crippen LogP contribution in [0.2, 0.25) is 0 Å². The molecule has 0 fully saturated rings. The summed E-state index contributed by atoms with van der Waals surface area (Å²) in [5, 5.41) is 15.5. The first-order chi connectivity index (χ1) is 15.3. The summed E-state index contributed by atoms with van der Waals surface area (Å²) in [7, 11) is 1.78. The maximum atomic E-state index is 4.64. The molecular formula is C24H28IN7. The highest BCUT2D eigenvalue weighted by Crippen LogP contribution is 2.14. The molecular weight excluding hydrogens is 513 g/mol. The van der Waals surface area contributed by atoms with Crippen molar-refractivity contribution in [1.82, 2.24) is 25.4 Å². The van der Waals surface area contributed by atoms with E-state index < -0.39 is 0 Å². The lowest BCUT2D eigenvalue weighted by Gasteiger charge is -2.15. The summed E-state index contributed by atoms with van der Waals surface area (Å²) in [5.74, 6) is 1.64. The van der Waals surface area contributed by atoms with Gasteiger partial charge in [0.15, 0.2) is 5.96 Å². The third-order valence-electron chi connectivity index (χ3n) is 5.00. The zero-order chi connectivity index (χ0) is 21.3. The van der Waals surface area contributed by atoms with Gasteiger partial charge in [-0.05, 0) is 35.4 Å². The van der Waals surface area contributed by atoms with Crippen LogP contribution in [0.1, 0.15) is 11.1 Å². The van der Waals surface area contributed by atoms with Gasteiger partial charge in [-0.1, -0.05) is 42.5 Å². The number of hydrogen-bond donors (Lipinski definition) is 3. The summed E-state index contributed by atoms with van der Waals surface area (Å²) >= 11 is 0. The van der Waals surface area contributed by atoms with E-state index in [-0.39, 0.29) is 24.0 Å². The van der Waals surface area contributed by atoms with E-state index in [1.54, 1.807) is 13.2 Å². The lowest BCUT2D eigenvalue weighted by atomic mass is 10.1. The lowest BCUT2D eigenvalue weighted by molar-refractivity contribution is 0.677. The van der Waals surface area contributed by atoms with Gasteiger partial charge >= 0.3 is 0 Å². The minimum atomic E-state index is 0. The van der Waals surface area contributed by atoms with Gasteiger partial charge < -0.3 is 16.0 Å². The van der Waals surface area contributed by atoms with Gasteiger partial charge in [0.05, 0.1) is 12.1 Å². The van der Waals surface area contributed by atoms with Gasteiger partial charge in [0.25, 0.3) is 0 Å². The standard InChI is InChI=1S/C24H27N7.HI/c1-25-24(27-15-14-26-23-12-11-19-7-4-5-10-22(19)30-23)28-17-20-8-2-3-9-21(20)18-31-16-6-13-29-31;/h2-13,16H,14-15,17-18H2,1H3,(H,26,30)(H2,25,27,28);1H. The molecule has 0 aliphatic carbocycles. The minimum Gasteiger partial charge on any atom is -0.368 e. The molecule has 2 aromatic carbocycles. The van der Waals surface area contributed by atoms with Gasteiger partial charge in [0.2, 0.25) is 0 Å². The first-order valence-corrected chi connectivity index (χ1v) is 10.4. The van der Waals surface area contributed by atoms with Crippen LogP contribution in [0, 0.1) is 0 Å². The molecule has 2 heterocycles. The van der Waals surface area contributed by atoms with Gasteiger partial charge in [-0.15, -0.1) is 24.0 Å². The van der Waals surface area contributed by atoms with Gasteiger partial charge in [0.1, 0.15) is 5.82 Å². The monoisotopic (exact) mass is 541 g/mol. The molecule has 0 aliphatic heterocycles. The molecule has 0 spiro atoms. The van der Waals surface area contributed by atoms with Crippen LogP contribution in [0.15, 0.2) is 84.1 Å². The molecule has 32 heavy (non-hydrogen) atoms. The normalized spacial score (nSPS) is 11.1. The Hall–Kier alpha value is -3.14. The molecule has 4 aromatic rings. The SMILES string of the molecule is CN=C(NCCNc1ccc2ccccc2n1)NCc1ccccc1Cn1cccn1.I. The third-order valence-corrected chi connectivity index (χ3v) is 5.00. The summed E-state index contributed by atoms with van der Waals surface area (Å²) in [5.41, 5.74) is 3.45. The second kappa shape index (κ2) is 12.0. The highest BCUT2D eigenvalue weighted by molar-refractivity contribution is 14.0. The maximum absolute atomic E-state index is 4.64. The molecule has 0 saturated heterocycles. The van der Waals surface area contributed by atoms with Gasteiger partial charge in [0, 0.05) is 44.5 Å². The number of aromatic nitrogens is 3. The maximum Gasteiger partial charge on any atom is 0.191 e. The molecule has 4 rings (SSSR count). The number of benzene rings is 2. The number of fused-ring (bicyclic) bond motifs is 1. The average Bonchev–Trinajstić information content (AvgIpc) is 3.32. The van der Waals surface area contributed by atoms with E-state index >= 15 is 0 Å². The Labute approximate surface area is 205 Å². The molecule has 0 saturated carbocycles. The quantitative estimate of drug-likeness (QED) is 0.137. The topological polar surface area (TPSA) is 79.2 Å². The number of guanidine groups is 1. The summed E-state index contributed by atoms with van der Waals surface area (Å²) < 4.78 is 1.93. The van der Waals surface area contributed by atoms with Crippen LogP contribution >= 0.6 is 24.0 Å². The van der Waals surface area contributed by atoms with Crippen molar-refractivity contribution in [3.8, 4) is 0 Å². The predicted molar refractivity (Wildman–Crippen MR) is 142 cm³/mol. The molecule has 166 valence electrons. The highest BCUT2D eigenvalue weighted by atomic mass is 127. The summed E-state index contributed by atoms with van der Waals surface area (Å²) in [6.45, 7) is 2.90. The van der Waals surface area contributed by atoms with E-state index in [0.29, 0.717) is 6.54 Å². The molecule has 0 unspecified atom stereocenters. The van der Waals surface area contributed by atoms with E-state index in [1.165, 1.54) is 11.1 Å². The molecule has 0 radical (unpaired) electrons. The summed E-state index contributed by atoms with van der Waals surface area (Å²) in [4.78, 5) is 8.96. The molecule has 0 atom stereocenters. The zero-order valence-electron chi connectivity index (χ0n) is 18.0. The van der Waals surface area contributed by atoms with E-state index in [0.717, 1.165) is 42.3 Å². The fraction of sp³-hybridized carbons (Fsp3) is 0.208. The van der Waals surface area contributed by atoms with E-state index in [1.807, 2.05) is 41.2 Å². The van der Waals surface area contributed by atoms with Crippen molar-refractivity contribution < 1.29 is 0 Å². The van der Waals surface area contributed by atoms with Gasteiger partial charge in [-0.2, -0.15) is 5.10 Å².